The third-order valence-electron chi connectivity index (χ3n) is 4.74. The van der Waals surface area contributed by atoms with Gasteiger partial charge >= 0.3 is 0 Å². The van der Waals surface area contributed by atoms with Gasteiger partial charge in [0.25, 0.3) is 17.2 Å². The molecule has 9 nitrogen and oxygen atoms in total. The Bertz CT molecular complexity index is 1200. The van der Waals surface area contributed by atoms with Crippen LogP contribution in [0.2, 0.25) is 0 Å². The van der Waals surface area contributed by atoms with Gasteiger partial charge in [0, 0.05) is 22.6 Å². The van der Waals surface area contributed by atoms with Gasteiger partial charge in [0.1, 0.15) is 11.4 Å². The van der Waals surface area contributed by atoms with Crippen LogP contribution in [0, 0.1) is 10.1 Å². The van der Waals surface area contributed by atoms with Gasteiger partial charge in [-0.05, 0) is 31.2 Å². The molecule has 0 fully saturated rings. The Morgan fingerprint density at radius 1 is 1.38 bits per heavy atom. The standard InChI is InChI=1S/C19H17N5O4S/c25-16(22-21-9-12-4-3-5-13(8-12)24(27)28)10-23-11-20-18-17(19(23)26)14-6-1-2-7-15(14)29-18/h3-5,8-9,11H,1-2,6-7,10H2,(H,22,25)/b21-9-. The van der Waals surface area contributed by atoms with Gasteiger partial charge in [-0.15, -0.1) is 11.3 Å². The summed E-state index contributed by atoms with van der Waals surface area (Å²) in [5.41, 5.74) is 3.61. The van der Waals surface area contributed by atoms with Crippen molar-refractivity contribution in [1.82, 2.24) is 15.0 Å². The van der Waals surface area contributed by atoms with Crippen LogP contribution in [0.5, 0.6) is 0 Å². The Balaban J connectivity index is 1.48. The van der Waals surface area contributed by atoms with Gasteiger partial charge in [-0.3, -0.25) is 24.3 Å². The van der Waals surface area contributed by atoms with Crippen LogP contribution >= 0.6 is 11.3 Å². The molecule has 1 aromatic carbocycles. The van der Waals surface area contributed by atoms with Crippen LogP contribution in [-0.2, 0) is 24.2 Å². The molecule has 0 radical (unpaired) electrons. The van der Waals surface area contributed by atoms with Gasteiger partial charge in [0.05, 0.1) is 22.9 Å². The lowest BCUT2D eigenvalue weighted by Gasteiger charge is -2.10. The second kappa shape index (κ2) is 7.92. The van der Waals surface area contributed by atoms with Gasteiger partial charge in [0.2, 0.25) is 0 Å². The minimum absolute atomic E-state index is 0.0645. The molecule has 2 aromatic heterocycles. The number of amides is 1. The summed E-state index contributed by atoms with van der Waals surface area (Å²) in [7, 11) is 0. The van der Waals surface area contributed by atoms with E-state index in [1.165, 1.54) is 40.2 Å². The molecule has 1 aliphatic rings. The molecule has 1 N–H and O–H groups in total. The molecule has 148 valence electrons. The summed E-state index contributed by atoms with van der Waals surface area (Å²) in [6.07, 6.45) is 6.72. The SMILES string of the molecule is O=C(Cn1cnc2sc3c(c2c1=O)CCCC3)N/N=C\c1cccc([N+](=O)[O-])c1. The van der Waals surface area contributed by atoms with Crippen LogP contribution in [0.15, 0.2) is 40.5 Å². The van der Waals surface area contributed by atoms with E-state index in [1.54, 1.807) is 17.4 Å². The van der Waals surface area contributed by atoms with E-state index in [0.717, 1.165) is 36.1 Å². The molecule has 0 spiro atoms. The zero-order chi connectivity index (χ0) is 20.4. The summed E-state index contributed by atoms with van der Waals surface area (Å²) < 4.78 is 1.28. The molecule has 10 heteroatoms. The van der Waals surface area contributed by atoms with E-state index in [2.05, 4.69) is 15.5 Å². The second-order valence-corrected chi connectivity index (χ2v) is 7.80. The Labute approximate surface area is 168 Å². The number of hydrazone groups is 1. The van der Waals surface area contributed by atoms with E-state index in [0.29, 0.717) is 10.9 Å². The maximum Gasteiger partial charge on any atom is 0.270 e. The smallest absolute Gasteiger partial charge is 0.270 e. The highest BCUT2D eigenvalue weighted by atomic mass is 32.1. The molecule has 1 aliphatic carbocycles. The Morgan fingerprint density at radius 2 is 2.21 bits per heavy atom. The molecule has 0 unspecified atom stereocenters. The number of benzene rings is 1. The van der Waals surface area contributed by atoms with Crippen LogP contribution in [0.1, 0.15) is 28.8 Å². The average Bonchev–Trinajstić information content (AvgIpc) is 3.09. The number of carbonyl (C=O) groups excluding carboxylic acids is 1. The first-order valence-electron chi connectivity index (χ1n) is 9.09. The number of aryl methyl sites for hydroxylation is 2. The van der Waals surface area contributed by atoms with Crippen molar-refractivity contribution >= 4 is 39.4 Å². The Hall–Kier alpha value is -3.40. The van der Waals surface area contributed by atoms with Crippen LogP contribution in [-0.4, -0.2) is 26.6 Å². The summed E-state index contributed by atoms with van der Waals surface area (Å²) in [6.45, 7) is -0.210. The summed E-state index contributed by atoms with van der Waals surface area (Å²) in [5.74, 6) is -0.487. The number of nitrogens with zero attached hydrogens (tertiary/aromatic N) is 4. The van der Waals surface area contributed by atoms with Crippen molar-refractivity contribution in [1.29, 1.82) is 0 Å². The first kappa shape index (κ1) is 18.9. The molecular formula is C19H17N5O4S. The number of fused-ring (bicyclic) bond motifs is 3. The number of nitro benzene ring substituents is 1. The summed E-state index contributed by atoms with van der Waals surface area (Å²) in [4.78, 5) is 41.6. The predicted molar refractivity (Wildman–Crippen MR) is 109 cm³/mol. The number of non-ortho nitro benzene ring substituents is 1. The van der Waals surface area contributed by atoms with E-state index < -0.39 is 10.8 Å². The highest BCUT2D eigenvalue weighted by Gasteiger charge is 2.20. The Morgan fingerprint density at radius 3 is 3.03 bits per heavy atom. The highest BCUT2D eigenvalue weighted by Crippen LogP contribution is 2.33. The Kier molecular flexibility index (Phi) is 5.17. The lowest BCUT2D eigenvalue weighted by Crippen LogP contribution is -2.30. The number of hydrogen-bond donors (Lipinski definition) is 1. The van der Waals surface area contributed by atoms with Crippen molar-refractivity contribution < 1.29 is 9.72 Å². The quantitative estimate of drug-likeness (QED) is 0.393. The van der Waals surface area contributed by atoms with E-state index in [9.17, 15) is 19.7 Å². The molecule has 3 aromatic rings. The van der Waals surface area contributed by atoms with Gasteiger partial charge in [-0.25, -0.2) is 10.4 Å². The zero-order valence-electron chi connectivity index (χ0n) is 15.3. The molecule has 4 rings (SSSR count). The lowest BCUT2D eigenvalue weighted by atomic mass is 9.97. The molecule has 0 aliphatic heterocycles. The maximum absolute atomic E-state index is 12.8. The number of nitro groups is 1. The van der Waals surface area contributed by atoms with Gasteiger partial charge in [-0.1, -0.05) is 12.1 Å². The van der Waals surface area contributed by atoms with Crippen LogP contribution in [0.4, 0.5) is 5.69 Å². The van der Waals surface area contributed by atoms with E-state index in [-0.39, 0.29) is 17.8 Å². The highest BCUT2D eigenvalue weighted by molar-refractivity contribution is 7.18. The average molecular weight is 411 g/mol. The van der Waals surface area contributed by atoms with Crippen LogP contribution in [0.3, 0.4) is 0 Å². The fourth-order valence-corrected chi connectivity index (χ4v) is 4.60. The molecule has 29 heavy (non-hydrogen) atoms. The third-order valence-corrected chi connectivity index (χ3v) is 5.94. The van der Waals surface area contributed by atoms with Crippen LogP contribution in [0.25, 0.3) is 10.2 Å². The van der Waals surface area contributed by atoms with Crippen molar-refractivity contribution in [2.45, 2.75) is 32.2 Å². The second-order valence-electron chi connectivity index (χ2n) is 6.71. The molecule has 1 amide bonds. The van der Waals surface area contributed by atoms with Gasteiger partial charge in [0.15, 0.2) is 0 Å². The molecule has 0 saturated heterocycles. The zero-order valence-corrected chi connectivity index (χ0v) is 16.1. The van der Waals surface area contributed by atoms with E-state index >= 15 is 0 Å². The normalized spacial score (nSPS) is 13.5. The summed E-state index contributed by atoms with van der Waals surface area (Å²) in [6, 6.07) is 5.88. The third kappa shape index (κ3) is 3.92. The summed E-state index contributed by atoms with van der Waals surface area (Å²) in [5, 5.41) is 15.2. The van der Waals surface area contributed by atoms with Gasteiger partial charge in [-0.2, -0.15) is 5.10 Å². The van der Waals surface area contributed by atoms with Crippen molar-refractivity contribution in [3.05, 3.63) is 67.1 Å². The fraction of sp³-hybridized carbons (Fsp3) is 0.263. The van der Waals surface area contributed by atoms with E-state index in [1.807, 2.05) is 0 Å². The van der Waals surface area contributed by atoms with Crippen molar-refractivity contribution in [2.24, 2.45) is 5.10 Å². The molecule has 2 heterocycles. The number of thiophene rings is 1. The minimum atomic E-state index is -0.505. The van der Waals surface area contributed by atoms with Crippen molar-refractivity contribution in [2.75, 3.05) is 0 Å². The molecule has 0 atom stereocenters. The fourth-order valence-electron chi connectivity index (χ4n) is 3.38. The van der Waals surface area contributed by atoms with Gasteiger partial charge < -0.3 is 0 Å². The first-order valence-corrected chi connectivity index (χ1v) is 9.90. The summed E-state index contributed by atoms with van der Waals surface area (Å²) >= 11 is 1.56. The molecular weight excluding hydrogens is 394 g/mol. The number of hydrogen-bond acceptors (Lipinski definition) is 7. The largest absolute Gasteiger partial charge is 0.289 e. The van der Waals surface area contributed by atoms with E-state index in [4.69, 9.17) is 0 Å². The minimum Gasteiger partial charge on any atom is -0.289 e. The monoisotopic (exact) mass is 411 g/mol. The number of aromatic nitrogens is 2. The maximum atomic E-state index is 12.8. The first-order chi connectivity index (χ1) is 14.0. The molecule has 0 saturated carbocycles. The number of nitrogens with one attached hydrogen (secondary N) is 1. The topological polar surface area (TPSA) is 119 Å². The van der Waals surface area contributed by atoms with Crippen molar-refractivity contribution in [3.63, 3.8) is 0 Å². The van der Waals surface area contributed by atoms with Crippen LogP contribution < -0.4 is 11.0 Å². The number of carbonyl (C=O) groups is 1. The van der Waals surface area contributed by atoms with Crippen molar-refractivity contribution in [3.8, 4) is 0 Å². The molecule has 0 bridgehead atoms. The number of rotatable bonds is 5. The predicted octanol–water partition coefficient (Wildman–Crippen LogP) is 2.40. The lowest BCUT2D eigenvalue weighted by molar-refractivity contribution is -0.384.